The highest BCUT2D eigenvalue weighted by Gasteiger charge is 2.31. The summed E-state index contributed by atoms with van der Waals surface area (Å²) in [6.45, 7) is 0. The van der Waals surface area contributed by atoms with Crippen LogP contribution in [0.15, 0.2) is 69.9 Å². The van der Waals surface area contributed by atoms with Crippen LogP contribution in [-0.4, -0.2) is 38.7 Å². The lowest BCUT2D eigenvalue weighted by molar-refractivity contribution is -0.387. The predicted molar refractivity (Wildman–Crippen MR) is 146 cm³/mol. The molecule has 1 saturated heterocycles. The van der Waals surface area contributed by atoms with Crippen LogP contribution in [0.2, 0.25) is 5.02 Å². The van der Waals surface area contributed by atoms with Gasteiger partial charge in [0.1, 0.15) is 6.04 Å². The molecule has 1 fully saturated rings. The summed E-state index contributed by atoms with van der Waals surface area (Å²) < 4.78 is 1.42. The van der Waals surface area contributed by atoms with Crippen LogP contribution in [-0.2, 0) is 4.79 Å². The number of aliphatic carboxylic acids is 1. The van der Waals surface area contributed by atoms with Crippen LogP contribution in [0, 0.1) is 10.1 Å². The Morgan fingerprint density at radius 2 is 2.00 bits per heavy atom. The van der Waals surface area contributed by atoms with Crippen LogP contribution in [0.4, 0.5) is 11.4 Å². The van der Waals surface area contributed by atoms with E-state index in [1.807, 2.05) is 0 Å². The van der Waals surface area contributed by atoms with Gasteiger partial charge in [0, 0.05) is 17.5 Å². The molecule has 0 bridgehead atoms. The highest BCUT2D eigenvalue weighted by molar-refractivity contribution is 8.01. The fourth-order valence-corrected chi connectivity index (χ4v) is 7.29. The number of amides is 1. The molecule has 1 aromatic heterocycles. The fraction of sp³-hybridized carbons (Fsp3) is 0.125. The lowest BCUT2D eigenvalue weighted by Crippen LogP contribution is -2.33. The Bertz CT molecular complexity index is 1550. The van der Waals surface area contributed by atoms with Crippen LogP contribution in [0.5, 0.6) is 0 Å². The largest absolute Gasteiger partial charge is 0.480 e. The van der Waals surface area contributed by atoms with E-state index in [4.69, 9.17) is 11.6 Å². The van der Waals surface area contributed by atoms with E-state index in [1.54, 1.807) is 54.6 Å². The highest BCUT2D eigenvalue weighted by atomic mass is 35.5. The maximum absolute atomic E-state index is 12.6. The number of rotatable bonds is 7. The van der Waals surface area contributed by atoms with E-state index in [0.717, 1.165) is 4.70 Å². The summed E-state index contributed by atoms with van der Waals surface area (Å²) in [5, 5.41) is 26.8. The van der Waals surface area contributed by atoms with E-state index in [9.17, 15) is 24.8 Å². The van der Waals surface area contributed by atoms with Gasteiger partial charge in [-0.2, -0.15) is 0 Å². The zero-order chi connectivity index (χ0) is 26.1. The van der Waals surface area contributed by atoms with Crippen LogP contribution in [0.25, 0.3) is 10.2 Å². The molecular formula is C24H17ClN4O5S3. The molecule has 9 nitrogen and oxygen atoms in total. The summed E-state index contributed by atoms with van der Waals surface area (Å²) in [6, 6.07) is 16.3. The summed E-state index contributed by atoms with van der Waals surface area (Å²) in [7, 11) is 0. The highest BCUT2D eigenvalue weighted by Crippen LogP contribution is 2.42. The number of nitro benzene ring substituents is 1. The minimum atomic E-state index is -0.945. The molecule has 1 aliphatic heterocycles. The number of hydrogen-bond acceptors (Lipinski definition) is 9. The Morgan fingerprint density at radius 1 is 1.19 bits per heavy atom. The number of halogens is 1. The number of carbonyl (C=O) groups excluding carboxylic acids is 1. The second kappa shape index (κ2) is 10.7. The second-order valence-electron chi connectivity index (χ2n) is 7.95. The average molecular weight is 573 g/mol. The van der Waals surface area contributed by atoms with Gasteiger partial charge >= 0.3 is 5.97 Å². The van der Waals surface area contributed by atoms with Gasteiger partial charge in [0.05, 0.1) is 36.0 Å². The van der Waals surface area contributed by atoms with Gasteiger partial charge in [-0.05, 0) is 42.0 Å². The van der Waals surface area contributed by atoms with Crippen molar-refractivity contribution in [1.29, 1.82) is 0 Å². The number of nitro groups is 1. The van der Waals surface area contributed by atoms with Gasteiger partial charge in [-0.3, -0.25) is 25.0 Å². The van der Waals surface area contributed by atoms with Crippen LogP contribution in [0.3, 0.4) is 0 Å². The maximum Gasteiger partial charge on any atom is 0.321 e. The van der Waals surface area contributed by atoms with Gasteiger partial charge in [0.15, 0.2) is 4.34 Å². The number of aromatic nitrogens is 1. The Hall–Kier alpha value is -3.16. The first-order valence-corrected chi connectivity index (χ1v) is 13.9. The first-order valence-electron chi connectivity index (χ1n) is 10.8. The first-order chi connectivity index (χ1) is 17.8. The number of carbonyl (C=O) groups is 2. The van der Waals surface area contributed by atoms with E-state index < -0.39 is 16.9 Å². The topological polar surface area (TPSA) is 134 Å². The van der Waals surface area contributed by atoms with Crippen molar-refractivity contribution in [3.8, 4) is 0 Å². The minimum Gasteiger partial charge on any atom is -0.480 e. The van der Waals surface area contributed by atoms with Crippen molar-refractivity contribution < 1.29 is 19.6 Å². The van der Waals surface area contributed by atoms with E-state index in [0.29, 0.717) is 42.3 Å². The zero-order valence-electron chi connectivity index (χ0n) is 18.7. The van der Waals surface area contributed by atoms with Crippen LogP contribution in [0.1, 0.15) is 21.3 Å². The number of thiazole rings is 1. The predicted octanol–water partition coefficient (Wildman–Crippen LogP) is 6.05. The summed E-state index contributed by atoms with van der Waals surface area (Å²) in [5.74, 6) is -0.889. The monoisotopic (exact) mass is 572 g/mol. The molecule has 1 amide bonds. The molecule has 2 atom stereocenters. The number of nitrogens with one attached hydrogen (secondary N) is 2. The molecule has 188 valence electrons. The van der Waals surface area contributed by atoms with Crippen molar-refractivity contribution in [3.05, 3.63) is 86.9 Å². The number of carboxylic acid groups (broad SMARTS) is 1. The third-order valence-corrected chi connectivity index (χ3v) is 9.25. The first kappa shape index (κ1) is 25.5. The molecule has 37 heavy (non-hydrogen) atoms. The molecule has 0 saturated carbocycles. The van der Waals surface area contributed by atoms with Crippen LogP contribution < -0.4 is 10.6 Å². The van der Waals surface area contributed by atoms with Gasteiger partial charge < -0.3 is 10.4 Å². The molecule has 5 rings (SSSR count). The van der Waals surface area contributed by atoms with Crippen molar-refractivity contribution in [3.63, 3.8) is 0 Å². The number of benzene rings is 3. The van der Waals surface area contributed by atoms with Gasteiger partial charge in [-0.25, -0.2) is 4.98 Å². The Morgan fingerprint density at radius 3 is 2.73 bits per heavy atom. The molecular weight excluding hydrogens is 556 g/mol. The molecule has 0 spiro atoms. The molecule has 13 heteroatoms. The Labute approximate surface area is 227 Å². The molecule has 0 radical (unpaired) electrons. The molecule has 2 heterocycles. The van der Waals surface area contributed by atoms with Crippen LogP contribution >= 0.6 is 46.5 Å². The summed E-state index contributed by atoms with van der Waals surface area (Å²) >= 11 is 10.1. The minimum absolute atomic E-state index is 0.0735. The SMILES string of the molecule is O=C(Nc1ccc2nc(Sc3ccc([C@@H]4N[C@H](C(=O)O)CS4)cc3[N+](=O)[O-])sc2c1)c1ccccc1Cl. The lowest BCUT2D eigenvalue weighted by Gasteiger charge is -2.12. The quantitative estimate of drug-likeness (QED) is 0.179. The number of anilines is 1. The summed E-state index contributed by atoms with van der Waals surface area (Å²) in [6.07, 6.45) is 0. The second-order valence-corrected chi connectivity index (χ2v) is 11.8. The number of nitrogens with zero attached hydrogens (tertiary/aromatic N) is 2. The molecule has 0 unspecified atom stereocenters. The molecule has 4 aromatic rings. The summed E-state index contributed by atoms with van der Waals surface area (Å²) in [4.78, 5) is 40.2. The smallest absolute Gasteiger partial charge is 0.321 e. The Kier molecular flexibility index (Phi) is 7.36. The van der Waals surface area contributed by atoms with E-state index in [-0.39, 0.29) is 17.0 Å². The molecule has 1 aliphatic rings. The fourth-order valence-electron chi connectivity index (χ4n) is 3.70. The van der Waals surface area contributed by atoms with Gasteiger partial charge in [-0.1, -0.05) is 41.6 Å². The van der Waals surface area contributed by atoms with Crippen molar-refractivity contribution in [1.82, 2.24) is 10.3 Å². The van der Waals surface area contributed by atoms with E-state index >= 15 is 0 Å². The Balaban J connectivity index is 1.35. The molecule has 0 aliphatic carbocycles. The normalized spacial score (nSPS) is 17.1. The van der Waals surface area contributed by atoms with Gasteiger partial charge in [0.25, 0.3) is 11.6 Å². The number of hydrogen-bond donors (Lipinski definition) is 3. The van der Waals surface area contributed by atoms with E-state index in [2.05, 4.69) is 15.6 Å². The van der Waals surface area contributed by atoms with Gasteiger partial charge in [-0.15, -0.1) is 23.1 Å². The number of fused-ring (bicyclic) bond motifs is 1. The van der Waals surface area contributed by atoms with Crippen molar-refractivity contribution in [2.24, 2.45) is 0 Å². The van der Waals surface area contributed by atoms with Gasteiger partial charge in [0.2, 0.25) is 0 Å². The third-order valence-electron chi connectivity index (χ3n) is 5.51. The number of carboxylic acids is 1. The van der Waals surface area contributed by atoms with Crippen molar-refractivity contribution >= 4 is 79.9 Å². The zero-order valence-corrected chi connectivity index (χ0v) is 21.9. The number of thioether (sulfide) groups is 1. The molecule has 3 aromatic carbocycles. The average Bonchev–Trinajstić information content (AvgIpc) is 3.51. The van der Waals surface area contributed by atoms with E-state index in [1.165, 1.54) is 40.9 Å². The maximum atomic E-state index is 12.6. The third kappa shape index (κ3) is 5.58. The lowest BCUT2D eigenvalue weighted by atomic mass is 10.2. The summed E-state index contributed by atoms with van der Waals surface area (Å²) in [5.41, 5.74) is 2.22. The molecule has 3 N–H and O–H groups in total. The van der Waals surface area contributed by atoms with Crippen molar-refractivity contribution in [2.75, 3.05) is 11.1 Å². The standard InChI is InChI=1S/C24H17ClN4O5S3/c25-15-4-2-1-3-14(15)21(30)26-13-6-7-16-20(10-13)37-24(28-16)36-19-8-5-12(9-18(19)29(33)34)22-27-17(11-35-22)23(31)32/h1-10,17,22,27H,11H2,(H,26,30)(H,31,32)/t17-,22+/m0/s1. The van der Waals surface area contributed by atoms with Crippen molar-refractivity contribution in [2.45, 2.75) is 20.7 Å².